The van der Waals surface area contributed by atoms with E-state index in [4.69, 9.17) is 5.11 Å². The summed E-state index contributed by atoms with van der Waals surface area (Å²) in [7, 11) is 0. The summed E-state index contributed by atoms with van der Waals surface area (Å²) in [5.74, 6) is -0.713. The first-order chi connectivity index (χ1) is 4.30. The Balaban J connectivity index is 0.000000810. The topological polar surface area (TPSA) is 49.3 Å². The minimum atomic E-state index is -0.713. The van der Waals surface area contributed by atoms with Gasteiger partial charge in [0.1, 0.15) is 6.04 Å². The molecule has 0 bridgehead atoms. The zero-order valence-electron chi connectivity index (χ0n) is 5.26. The van der Waals surface area contributed by atoms with Crippen LogP contribution in [0.25, 0.3) is 0 Å². The third-order valence-electron chi connectivity index (χ3n) is 1.61. The number of carbonyl (C=O) groups is 1. The molecule has 0 spiro atoms. The van der Waals surface area contributed by atoms with Gasteiger partial charge in [0.15, 0.2) is 0 Å². The van der Waals surface area contributed by atoms with Gasteiger partial charge in [-0.1, -0.05) is 6.42 Å². The number of carboxylic acid groups (broad SMARTS) is 1. The first kappa shape index (κ1) is 10.0. The summed E-state index contributed by atoms with van der Waals surface area (Å²) in [6.07, 6.45) is 2.95. The molecule has 1 saturated heterocycles. The van der Waals surface area contributed by atoms with Gasteiger partial charge in [0.25, 0.3) is 0 Å². The van der Waals surface area contributed by atoms with Gasteiger partial charge in [0.05, 0.1) is 0 Å². The van der Waals surface area contributed by atoms with E-state index in [1.54, 1.807) is 0 Å². The molecule has 1 atom stereocenters. The zero-order valence-corrected chi connectivity index (χ0v) is 5.26. The Kier molecular flexibility index (Phi) is 4.80. The minimum absolute atomic E-state index is 0. The Labute approximate surface area is 72.4 Å². The predicted octanol–water partition coefficient (Wildman–Crippen LogP) is -0.435. The van der Waals surface area contributed by atoms with Gasteiger partial charge in [-0.05, 0) is 19.4 Å². The van der Waals surface area contributed by atoms with Crippen LogP contribution in [0.3, 0.4) is 0 Å². The fourth-order valence-corrected chi connectivity index (χ4v) is 1.06. The van der Waals surface area contributed by atoms with E-state index in [-0.39, 0.29) is 24.9 Å². The summed E-state index contributed by atoms with van der Waals surface area (Å²) in [5.41, 5.74) is 0. The van der Waals surface area contributed by atoms with Gasteiger partial charge < -0.3 is 10.4 Å². The first-order valence-electron chi connectivity index (χ1n) is 3.27. The average Bonchev–Trinajstić information content (AvgIpc) is 1.90. The molecule has 2 N–H and O–H groups in total. The fraction of sp³-hybridized carbons (Fsp3) is 0.833. The molecule has 0 aromatic carbocycles. The maximum absolute atomic E-state index is 10.3. The van der Waals surface area contributed by atoms with Gasteiger partial charge >= 0.3 is 24.8 Å². The summed E-state index contributed by atoms with van der Waals surface area (Å²) in [6, 6.07) is -0.279. The second kappa shape index (κ2) is 4.78. The summed E-state index contributed by atoms with van der Waals surface area (Å²) in [5, 5.41) is 11.4. The number of nitrogens with one attached hydrogen (secondary N) is 1. The molecule has 1 aliphatic rings. The van der Waals surface area contributed by atoms with E-state index < -0.39 is 5.97 Å². The van der Waals surface area contributed by atoms with Crippen molar-refractivity contribution in [3.05, 3.63) is 0 Å². The van der Waals surface area contributed by atoms with E-state index in [0.29, 0.717) is 0 Å². The quantitative estimate of drug-likeness (QED) is 0.482. The van der Waals surface area contributed by atoms with Crippen molar-refractivity contribution in [2.75, 3.05) is 6.54 Å². The van der Waals surface area contributed by atoms with Crippen LogP contribution in [-0.2, 0) is 4.79 Å². The van der Waals surface area contributed by atoms with Gasteiger partial charge in [-0.15, -0.1) is 0 Å². The van der Waals surface area contributed by atoms with Crippen LogP contribution in [0.2, 0.25) is 0 Å². The molecule has 0 amide bonds. The molecule has 0 radical (unpaired) electrons. The molecule has 0 saturated carbocycles. The summed E-state index contributed by atoms with van der Waals surface area (Å²) >= 11 is 0. The van der Waals surface area contributed by atoms with Gasteiger partial charge in [0.2, 0.25) is 0 Å². The van der Waals surface area contributed by atoms with E-state index >= 15 is 0 Å². The van der Waals surface area contributed by atoms with E-state index in [0.717, 1.165) is 25.8 Å². The second-order valence-electron chi connectivity index (χ2n) is 2.34. The Bertz CT molecular complexity index is 112. The zero-order chi connectivity index (χ0) is 6.69. The van der Waals surface area contributed by atoms with Crippen molar-refractivity contribution < 1.29 is 9.90 Å². The van der Waals surface area contributed by atoms with Crippen LogP contribution < -0.4 is 5.32 Å². The molecule has 1 rings (SSSR count). The number of hydrogen-bond donors (Lipinski definition) is 2. The maximum atomic E-state index is 10.3. The Morgan fingerprint density at radius 3 is 2.50 bits per heavy atom. The molecular weight excluding hydrogens is 125 g/mol. The van der Waals surface area contributed by atoms with Gasteiger partial charge in [0, 0.05) is 0 Å². The van der Waals surface area contributed by atoms with Crippen LogP contribution in [-0.4, -0.2) is 42.5 Å². The van der Waals surface area contributed by atoms with Crippen molar-refractivity contribution in [2.45, 2.75) is 25.3 Å². The molecule has 4 heteroatoms. The van der Waals surface area contributed by atoms with Crippen molar-refractivity contribution >= 4 is 24.8 Å². The van der Waals surface area contributed by atoms with Crippen molar-refractivity contribution in [1.82, 2.24) is 5.32 Å². The third-order valence-corrected chi connectivity index (χ3v) is 1.61. The number of carboxylic acids is 1. The van der Waals surface area contributed by atoms with Gasteiger partial charge in [-0.2, -0.15) is 0 Å². The van der Waals surface area contributed by atoms with Crippen molar-refractivity contribution in [2.24, 2.45) is 0 Å². The molecule has 1 heterocycles. The molecule has 0 aromatic heterocycles. The Hall–Kier alpha value is 0.0274. The number of piperidine rings is 1. The molecule has 0 aromatic rings. The number of aliphatic carboxylic acids is 1. The molecule has 1 aliphatic heterocycles. The molecular formula is C6H12LiNO2. The predicted molar refractivity (Wildman–Crippen MR) is 40.4 cm³/mol. The van der Waals surface area contributed by atoms with E-state index in [2.05, 4.69) is 5.32 Å². The molecule has 1 fully saturated rings. The van der Waals surface area contributed by atoms with E-state index in [1.165, 1.54) is 0 Å². The van der Waals surface area contributed by atoms with Crippen LogP contribution in [0.15, 0.2) is 0 Å². The SMILES string of the molecule is O=C(O)C1CCCCN1.[LiH]. The molecule has 10 heavy (non-hydrogen) atoms. The number of rotatable bonds is 1. The molecule has 1 unspecified atom stereocenters. The standard InChI is InChI=1S/C6H11NO2.Li.H/c8-6(9)5-3-1-2-4-7-5;;/h5,7H,1-4H2,(H,8,9);;. The third kappa shape index (κ3) is 2.74. The van der Waals surface area contributed by atoms with Gasteiger partial charge in [-0.25, -0.2) is 0 Å². The average molecular weight is 137 g/mol. The molecule has 54 valence electrons. The van der Waals surface area contributed by atoms with E-state index in [9.17, 15) is 4.79 Å². The van der Waals surface area contributed by atoms with Gasteiger partial charge in [-0.3, -0.25) is 4.79 Å². The van der Waals surface area contributed by atoms with Crippen molar-refractivity contribution in [3.8, 4) is 0 Å². The Morgan fingerprint density at radius 2 is 2.20 bits per heavy atom. The van der Waals surface area contributed by atoms with Crippen LogP contribution >= 0.6 is 0 Å². The summed E-state index contributed by atoms with van der Waals surface area (Å²) in [6.45, 7) is 0.858. The van der Waals surface area contributed by atoms with Crippen LogP contribution in [0, 0.1) is 0 Å². The monoisotopic (exact) mass is 137 g/mol. The first-order valence-corrected chi connectivity index (χ1v) is 3.27. The van der Waals surface area contributed by atoms with E-state index in [1.807, 2.05) is 0 Å². The summed E-state index contributed by atoms with van der Waals surface area (Å²) in [4.78, 5) is 10.3. The van der Waals surface area contributed by atoms with Crippen molar-refractivity contribution in [3.63, 3.8) is 0 Å². The Morgan fingerprint density at radius 1 is 1.50 bits per heavy atom. The number of hydrogen-bond acceptors (Lipinski definition) is 2. The van der Waals surface area contributed by atoms with Crippen LogP contribution in [0.4, 0.5) is 0 Å². The normalized spacial score (nSPS) is 25.0. The summed E-state index contributed by atoms with van der Waals surface area (Å²) < 4.78 is 0. The van der Waals surface area contributed by atoms with Crippen LogP contribution in [0.1, 0.15) is 19.3 Å². The molecule has 3 nitrogen and oxygen atoms in total. The molecule has 0 aliphatic carbocycles. The van der Waals surface area contributed by atoms with Crippen molar-refractivity contribution in [1.29, 1.82) is 0 Å². The second-order valence-corrected chi connectivity index (χ2v) is 2.34. The fourth-order valence-electron chi connectivity index (χ4n) is 1.06. The van der Waals surface area contributed by atoms with Crippen LogP contribution in [0.5, 0.6) is 0 Å².